The maximum atomic E-state index is 13.3. The predicted molar refractivity (Wildman–Crippen MR) is 59.9 cm³/mol. The molecule has 5 N–H and O–H groups in total. The summed E-state index contributed by atoms with van der Waals surface area (Å²) in [6.45, 7) is 3.35. The summed E-state index contributed by atoms with van der Waals surface area (Å²) in [5.41, 5.74) is 11.8. The molecule has 0 aliphatic heterocycles. The molecule has 0 atom stereocenters. The maximum absolute atomic E-state index is 13.3. The number of nitrogens with zero attached hydrogens (tertiary/aromatic N) is 1. The van der Waals surface area contributed by atoms with Gasteiger partial charge in [-0.15, -0.1) is 0 Å². The van der Waals surface area contributed by atoms with E-state index >= 15 is 0 Å². The van der Waals surface area contributed by atoms with Crippen molar-refractivity contribution in [1.82, 2.24) is 5.32 Å². The van der Waals surface area contributed by atoms with Gasteiger partial charge in [0.15, 0.2) is 0 Å². The monoisotopic (exact) mass is 224 g/mol. The number of primary amides is 1. The summed E-state index contributed by atoms with van der Waals surface area (Å²) in [5.74, 6) is -0.541. The molecule has 0 unspecified atom stereocenters. The van der Waals surface area contributed by atoms with Crippen LogP contribution < -0.4 is 16.8 Å². The quantitative estimate of drug-likeness (QED) is 0.491. The number of aliphatic imine (C=N–C) groups is 1. The van der Waals surface area contributed by atoms with Gasteiger partial charge in [-0.2, -0.15) is 0 Å². The molecule has 0 saturated carbocycles. The number of halogens is 1. The van der Waals surface area contributed by atoms with E-state index in [1.165, 1.54) is 6.07 Å². The van der Waals surface area contributed by atoms with E-state index in [0.29, 0.717) is 11.3 Å². The van der Waals surface area contributed by atoms with Gasteiger partial charge in [0.2, 0.25) is 5.96 Å². The Balaban J connectivity index is 3.14. The van der Waals surface area contributed by atoms with Gasteiger partial charge in [0, 0.05) is 5.56 Å². The van der Waals surface area contributed by atoms with Gasteiger partial charge in [0.1, 0.15) is 5.82 Å². The highest BCUT2D eigenvalue weighted by atomic mass is 19.1. The van der Waals surface area contributed by atoms with Gasteiger partial charge in [-0.05, 0) is 25.5 Å². The van der Waals surface area contributed by atoms with Crippen molar-refractivity contribution in [2.24, 2.45) is 16.5 Å². The van der Waals surface area contributed by atoms with Gasteiger partial charge in [-0.25, -0.2) is 14.2 Å². The number of guanidine groups is 1. The van der Waals surface area contributed by atoms with Gasteiger partial charge in [-0.1, -0.05) is 6.07 Å². The molecule has 0 spiro atoms. The molecule has 1 aromatic rings. The van der Waals surface area contributed by atoms with Crippen molar-refractivity contribution in [3.63, 3.8) is 0 Å². The summed E-state index contributed by atoms with van der Waals surface area (Å²) in [4.78, 5) is 14.4. The maximum Gasteiger partial charge on any atom is 0.318 e. The topological polar surface area (TPSA) is 93.5 Å². The molecule has 0 heterocycles. The molecule has 16 heavy (non-hydrogen) atoms. The van der Waals surface area contributed by atoms with Crippen LogP contribution in [-0.4, -0.2) is 12.0 Å². The number of nitrogens with one attached hydrogen (secondary N) is 1. The minimum Gasteiger partial charge on any atom is -0.369 e. The second-order valence-corrected chi connectivity index (χ2v) is 3.32. The van der Waals surface area contributed by atoms with Gasteiger partial charge in [-0.3, -0.25) is 5.32 Å². The molecule has 2 amide bonds. The Kier molecular flexibility index (Phi) is 3.44. The molecular weight excluding hydrogens is 211 g/mol. The molecule has 0 aromatic heterocycles. The minimum absolute atomic E-state index is 0.163. The lowest BCUT2D eigenvalue weighted by Crippen LogP contribution is -2.40. The zero-order chi connectivity index (χ0) is 12.3. The van der Waals surface area contributed by atoms with E-state index in [2.05, 4.69) is 10.3 Å². The number of urea groups is 1. The molecule has 0 fully saturated rings. The molecule has 0 bridgehead atoms. The van der Waals surface area contributed by atoms with Gasteiger partial charge in [0.05, 0.1) is 5.69 Å². The van der Waals surface area contributed by atoms with Crippen molar-refractivity contribution in [2.45, 2.75) is 13.8 Å². The first-order chi connectivity index (χ1) is 7.41. The Morgan fingerprint density at radius 2 is 2.00 bits per heavy atom. The number of amides is 2. The lowest BCUT2D eigenvalue weighted by atomic mass is 10.1. The molecule has 1 aromatic carbocycles. The van der Waals surface area contributed by atoms with Crippen LogP contribution in [0.3, 0.4) is 0 Å². The fourth-order valence-electron chi connectivity index (χ4n) is 1.26. The normalized spacial score (nSPS) is 11.3. The van der Waals surface area contributed by atoms with Crippen LogP contribution >= 0.6 is 0 Å². The van der Waals surface area contributed by atoms with Crippen LogP contribution in [0.5, 0.6) is 0 Å². The summed E-state index contributed by atoms with van der Waals surface area (Å²) >= 11 is 0. The van der Waals surface area contributed by atoms with E-state index in [1.807, 2.05) is 0 Å². The van der Waals surface area contributed by atoms with Gasteiger partial charge >= 0.3 is 6.03 Å². The van der Waals surface area contributed by atoms with Crippen LogP contribution in [0.2, 0.25) is 0 Å². The first-order valence-corrected chi connectivity index (χ1v) is 4.58. The third-order valence-electron chi connectivity index (χ3n) is 2.05. The summed E-state index contributed by atoms with van der Waals surface area (Å²) in [6, 6.07) is 2.12. The number of nitrogens with two attached hydrogens (primary N) is 2. The SMILES string of the molecule is Cc1ccc(F)c(C)c1N=C(N)NC(N)=O. The average molecular weight is 224 g/mol. The second-order valence-electron chi connectivity index (χ2n) is 3.32. The van der Waals surface area contributed by atoms with Crippen molar-refractivity contribution < 1.29 is 9.18 Å². The Labute approximate surface area is 92.3 Å². The van der Waals surface area contributed by atoms with Crippen LogP contribution in [0.1, 0.15) is 11.1 Å². The van der Waals surface area contributed by atoms with Crippen LogP contribution in [0.25, 0.3) is 0 Å². The lowest BCUT2D eigenvalue weighted by Gasteiger charge is -2.07. The largest absolute Gasteiger partial charge is 0.369 e. The predicted octanol–water partition coefficient (Wildman–Crippen LogP) is 1.06. The molecule has 0 radical (unpaired) electrons. The third-order valence-corrected chi connectivity index (χ3v) is 2.05. The summed E-state index contributed by atoms with van der Waals surface area (Å²) in [5, 5.41) is 2.11. The number of hydrogen-bond donors (Lipinski definition) is 3. The smallest absolute Gasteiger partial charge is 0.318 e. The summed E-state index contributed by atoms with van der Waals surface area (Å²) in [7, 11) is 0. The van der Waals surface area contributed by atoms with Crippen LogP contribution in [0, 0.1) is 19.7 Å². The van der Waals surface area contributed by atoms with E-state index in [0.717, 1.165) is 5.56 Å². The molecule has 6 heteroatoms. The lowest BCUT2D eigenvalue weighted by molar-refractivity contribution is 0.253. The fourth-order valence-corrected chi connectivity index (χ4v) is 1.26. The number of rotatable bonds is 1. The standard InChI is InChI=1S/C10H13FN4O/c1-5-3-4-7(11)6(2)8(5)14-9(12)15-10(13)16/h3-4H,1-2H3,(H5,12,13,14,15,16). The van der Waals surface area contributed by atoms with Crippen molar-refractivity contribution in [2.75, 3.05) is 0 Å². The second kappa shape index (κ2) is 4.61. The first kappa shape index (κ1) is 12.0. The molecule has 5 nitrogen and oxygen atoms in total. The molecule has 0 aliphatic carbocycles. The summed E-state index contributed by atoms with van der Waals surface area (Å²) < 4.78 is 13.3. The van der Waals surface area contributed by atoms with E-state index in [-0.39, 0.29) is 11.8 Å². The molecule has 1 rings (SSSR count). The number of carbonyl (C=O) groups excluding carboxylic acids is 1. The number of carbonyl (C=O) groups is 1. The van der Waals surface area contributed by atoms with E-state index in [9.17, 15) is 9.18 Å². The Morgan fingerprint density at radius 1 is 1.38 bits per heavy atom. The highest BCUT2D eigenvalue weighted by Gasteiger charge is 2.07. The van der Waals surface area contributed by atoms with E-state index in [4.69, 9.17) is 11.5 Å². The zero-order valence-corrected chi connectivity index (χ0v) is 9.04. The highest BCUT2D eigenvalue weighted by Crippen LogP contribution is 2.25. The molecular formula is C10H13FN4O. The first-order valence-electron chi connectivity index (χ1n) is 4.58. The zero-order valence-electron chi connectivity index (χ0n) is 9.04. The Hall–Kier alpha value is -2.11. The van der Waals surface area contributed by atoms with E-state index in [1.54, 1.807) is 19.9 Å². The van der Waals surface area contributed by atoms with Crippen molar-refractivity contribution in [3.8, 4) is 0 Å². The van der Waals surface area contributed by atoms with E-state index < -0.39 is 6.03 Å². The third kappa shape index (κ3) is 2.69. The van der Waals surface area contributed by atoms with Gasteiger partial charge < -0.3 is 11.5 Å². The Bertz CT molecular complexity index is 456. The number of hydrogen-bond acceptors (Lipinski definition) is 2. The minimum atomic E-state index is -0.812. The molecule has 0 saturated heterocycles. The average Bonchev–Trinajstić information content (AvgIpc) is 2.17. The molecule has 86 valence electrons. The summed E-state index contributed by atoms with van der Waals surface area (Å²) in [6.07, 6.45) is 0. The van der Waals surface area contributed by atoms with Crippen molar-refractivity contribution in [3.05, 3.63) is 29.1 Å². The number of aryl methyl sites for hydroxylation is 1. The van der Waals surface area contributed by atoms with Gasteiger partial charge in [0.25, 0.3) is 0 Å². The molecule has 0 aliphatic rings. The number of benzene rings is 1. The van der Waals surface area contributed by atoms with Crippen molar-refractivity contribution in [1.29, 1.82) is 0 Å². The van der Waals surface area contributed by atoms with Crippen molar-refractivity contribution >= 4 is 17.7 Å². The van der Waals surface area contributed by atoms with Crippen LogP contribution in [-0.2, 0) is 0 Å². The highest BCUT2D eigenvalue weighted by molar-refractivity contribution is 5.95. The van der Waals surface area contributed by atoms with Crippen LogP contribution in [0.4, 0.5) is 14.9 Å². The van der Waals surface area contributed by atoms with Crippen LogP contribution in [0.15, 0.2) is 17.1 Å². The Morgan fingerprint density at radius 3 is 2.56 bits per heavy atom. The fraction of sp³-hybridized carbons (Fsp3) is 0.200.